The van der Waals surface area contributed by atoms with Gasteiger partial charge in [0, 0.05) is 6.54 Å². The molecule has 0 amide bonds. The first-order chi connectivity index (χ1) is 9.94. The molecule has 0 atom stereocenters. The molecule has 2 aromatic rings. The highest BCUT2D eigenvalue weighted by Gasteiger charge is 2.20. The Morgan fingerprint density at radius 1 is 1.19 bits per heavy atom. The molecular weight excluding hydrogens is 290 g/mol. The van der Waals surface area contributed by atoms with Gasteiger partial charge in [-0.1, -0.05) is 6.07 Å². The van der Waals surface area contributed by atoms with Crippen molar-refractivity contribution in [2.45, 2.75) is 25.3 Å². The molecule has 2 rings (SSSR count). The van der Waals surface area contributed by atoms with Crippen LogP contribution >= 0.6 is 0 Å². The van der Waals surface area contributed by atoms with Crippen LogP contribution in [0, 0.1) is 13.8 Å². The molecule has 0 fully saturated rings. The number of nitrogens with zero attached hydrogens (tertiary/aromatic N) is 3. The molecule has 7 nitrogen and oxygen atoms in total. The first-order valence-corrected chi connectivity index (χ1v) is 7.83. The molecule has 0 unspecified atom stereocenters. The third kappa shape index (κ3) is 3.53. The molecule has 8 heteroatoms. The SMILES string of the molecule is CNCc1cc(C)c(C)c(S(=O)(=O)Nc2nccnn2)c1. The zero-order valence-electron chi connectivity index (χ0n) is 12.1. The molecule has 0 saturated carbocycles. The summed E-state index contributed by atoms with van der Waals surface area (Å²) in [7, 11) is -1.94. The molecule has 21 heavy (non-hydrogen) atoms. The summed E-state index contributed by atoms with van der Waals surface area (Å²) in [5, 5.41) is 10.2. The Morgan fingerprint density at radius 2 is 1.95 bits per heavy atom. The summed E-state index contributed by atoms with van der Waals surface area (Å²) in [5.41, 5.74) is 2.51. The van der Waals surface area contributed by atoms with E-state index in [0.29, 0.717) is 12.1 Å². The minimum Gasteiger partial charge on any atom is -0.316 e. The Morgan fingerprint density at radius 3 is 2.57 bits per heavy atom. The average Bonchev–Trinajstić information content (AvgIpc) is 2.43. The quantitative estimate of drug-likeness (QED) is 0.855. The van der Waals surface area contributed by atoms with Crippen molar-refractivity contribution < 1.29 is 8.42 Å². The second-order valence-electron chi connectivity index (χ2n) is 4.64. The number of anilines is 1. The van der Waals surface area contributed by atoms with Gasteiger partial charge in [-0.15, -0.1) is 5.10 Å². The predicted octanol–water partition coefficient (Wildman–Crippen LogP) is 1.01. The van der Waals surface area contributed by atoms with E-state index < -0.39 is 10.0 Å². The third-order valence-corrected chi connectivity index (χ3v) is 4.51. The minimum atomic E-state index is -3.75. The van der Waals surface area contributed by atoms with Crippen molar-refractivity contribution in [3.8, 4) is 0 Å². The van der Waals surface area contributed by atoms with Crippen molar-refractivity contribution in [2.75, 3.05) is 11.8 Å². The molecule has 0 saturated heterocycles. The van der Waals surface area contributed by atoms with Crippen LogP contribution in [0.15, 0.2) is 29.4 Å². The maximum Gasteiger partial charge on any atom is 0.264 e. The van der Waals surface area contributed by atoms with Crippen molar-refractivity contribution in [3.05, 3.63) is 41.2 Å². The van der Waals surface area contributed by atoms with E-state index in [-0.39, 0.29) is 10.8 Å². The highest BCUT2D eigenvalue weighted by molar-refractivity contribution is 7.92. The van der Waals surface area contributed by atoms with Gasteiger partial charge in [0.05, 0.1) is 17.3 Å². The molecule has 1 aromatic carbocycles. The fourth-order valence-corrected chi connectivity index (χ4v) is 3.27. The largest absolute Gasteiger partial charge is 0.316 e. The number of rotatable bonds is 5. The Hall–Kier alpha value is -2.06. The number of sulfonamides is 1. The molecule has 0 aliphatic heterocycles. The summed E-state index contributed by atoms with van der Waals surface area (Å²) < 4.78 is 27.3. The van der Waals surface area contributed by atoms with Crippen LogP contribution in [0.2, 0.25) is 0 Å². The number of hydrogen-bond acceptors (Lipinski definition) is 6. The number of nitrogens with one attached hydrogen (secondary N) is 2. The summed E-state index contributed by atoms with van der Waals surface area (Å²) in [6.07, 6.45) is 2.75. The summed E-state index contributed by atoms with van der Waals surface area (Å²) in [4.78, 5) is 4.05. The number of benzene rings is 1. The Bertz CT molecular complexity index is 732. The first-order valence-electron chi connectivity index (χ1n) is 6.35. The standard InChI is InChI=1S/C13H17N5O2S/c1-9-6-11(8-14-3)7-12(10(9)2)21(19,20)18-13-15-4-5-16-17-13/h4-7,14H,8H2,1-3H3,(H,15,17,18). The molecule has 2 N–H and O–H groups in total. The minimum absolute atomic E-state index is 0.0476. The van der Waals surface area contributed by atoms with Gasteiger partial charge in [-0.05, 0) is 43.7 Å². The third-order valence-electron chi connectivity index (χ3n) is 3.06. The van der Waals surface area contributed by atoms with Crippen molar-refractivity contribution in [1.29, 1.82) is 0 Å². The lowest BCUT2D eigenvalue weighted by atomic mass is 10.1. The van der Waals surface area contributed by atoms with Gasteiger partial charge in [-0.3, -0.25) is 0 Å². The highest BCUT2D eigenvalue weighted by atomic mass is 32.2. The smallest absolute Gasteiger partial charge is 0.264 e. The van der Waals surface area contributed by atoms with Gasteiger partial charge in [0.25, 0.3) is 16.0 Å². The molecule has 0 aliphatic rings. The van der Waals surface area contributed by atoms with Crippen LogP contribution in [0.1, 0.15) is 16.7 Å². The van der Waals surface area contributed by atoms with Gasteiger partial charge in [0.1, 0.15) is 0 Å². The average molecular weight is 307 g/mol. The second-order valence-corrected chi connectivity index (χ2v) is 6.29. The maximum absolute atomic E-state index is 12.5. The lowest BCUT2D eigenvalue weighted by Crippen LogP contribution is -2.18. The van der Waals surface area contributed by atoms with E-state index in [0.717, 1.165) is 11.1 Å². The molecule has 0 spiro atoms. The van der Waals surface area contributed by atoms with Crippen LogP contribution in [0.25, 0.3) is 0 Å². The van der Waals surface area contributed by atoms with Gasteiger partial charge in [-0.25, -0.2) is 18.1 Å². The molecular formula is C13H17N5O2S. The second kappa shape index (κ2) is 6.15. The summed E-state index contributed by atoms with van der Waals surface area (Å²) in [5.74, 6) is -0.0476. The lowest BCUT2D eigenvalue weighted by molar-refractivity contribution is 0.599. The van der Waals surface area contributed by atoms with Gasteiger partial charge in [0.2, 0.25) is 0 Å². The Balaban J connectivity index is 2.44. The first kappa shape index (κ1) is 15.3. The van der Waals surface area contributed by atoms with E-state index in [1.807, 2.05) is 20.0 Å². The zero-order valence-corrected chi connectivity index (χ0v) is 12.9. The Labute approximate surface area is 123 Å². The van der Waals surface area contributed by atoms with Crippen molar-refractivity contribution in [1.82, 2.24) is 20.5 Å². The normalized spacial score (nSPS) is 11.4. The molecule has 112 valence electrons. The van der Waals surface area contributed by atoms with Crippen molar-refractivity contribution in [3.63, 3.8) is 0 Å². The van der Waals surface area contributed by atoms with Crippen LogP contribution in [0.4, 0.5) is 5.95 Å². The lowest BCUT2D eigenvalue weighted by Gasteiger charge is -2.13. The van der Waals surface area contributed by atoms with Crippen LogP contribution in [-0.4, -0.2) is 30.6 Å². The van der Waals surface area contributed by atoms with E-state index in [2.05, 4.69) is 25.2 Å². The summed E-state index contributed by atoms with van der Waals surface area (Å²) >= 11 is 0. The molecule has 1 aromatic heterocycles. The predicted molar refractivity (Wildman–Crippen MR) is 79.3 cm³/mol. The van der Waals surface area contributed by atoms with Crippen molar-refractivity contribution in [2.24, 2.45) is 0 Å². The van der Waals surface area contributed by atoms with E-state index in [4.69, 9.17) is 0 Å². The topological polar surface area (TPSA) is 96.9 Å². The Kier molecular flexibility index (Phi) is 4.49. The fourth-order valence-electron chi connectivity index (χ4n) is 1.95. The summed E-state index contributed by atoms with van der Waals surface area (Å²) in [6, 6.07) is 3.61. The van der Waals surface area contributed by atoms with Crippen molar-refractivity contribution >= 4 is 16.0 Å². The highest BCUT2D eigenvalue weighted by Crippen LogP contribution is 2.22. The van der Waals surface area contributed by atoms with E-state index in [1.54, 1.807) is 13.0 Å². The fraction of sp³-hybridized carbons (Fsp3) is 0.308. The monoisotopic (exact) mass is 307 g/mol. The summed E-state index contributed by atoms with van der Waals surface area (Å²) in [6.45, 7) is 4.25. The van der Waals surface area contributed by atoms with Crippen LogP contribution in [0.5, 0.6) is 0 Å². The molecule has 0 radical (unpaired) electrons. The van der Waals surface area contributed by atoms with Gasteiger partial charge in [-0.2, -0.15) is 5.10 Å². The van der Waals surface area contributed by atoms with Gasteiger partial charge >= 0.3 is 0 Å². The number of hydrogen-bond donors (Lipinski definition) is 2. The maximum atomic E-state index is 12.5. The van der Waals surface area contributed by atoms with Crippen LogP contribution in [0.3, 0.4) is 0 Å². The van der Waals surface area contributed by atoms with Crippen LogP contribution in [-0.2, 0) is 16.6 Å². The van der Waals surface area contributed by atoms with E-state index in [9.17, 15) is 8.42 Å². The number of aromatic nitrogens is 3. The molecule has 0 aliphatic carbocycles. The van der Waals surface area contributed by atoms with E-state index in [1.165, 1.54) is 12.4 Å². The zero-order chi connectivity index (χ0) is 15.5. The van der Waals surface area contributed by atoms with Gasteiger partial charge < -0.3 is 5.32 Å². The molecule has 1 heterocycles. The van der Waals surface area contributed by atoms with Gasteiger partial charge in [0.15, 0.2) is 0 Å². The number of aryl methyl sites for hydroxylation is 1. The van der Waals surface area contributed by atoms with Crippen LogP contribution < -0.4 is 10.0 Å². The molecule has 0 bridgehead atoms. The van der Waals surface area contributed by atoms with E-state index >= 15 is 0 Å².